The molecule has 2 aliphatic heterocycles. The molecule has 0 spiro atoms. The summed E-state index contributed by atoms with van der Waals surface area (Å²) in [6.07, 6.45) is 4.72. The molecular weight excluding hydrogens is 487 g/mol. The molecule has 29 heavy (non-hydrogen) atoms. The van der Waals surface area contributed by atoms with Crippen LogP contribution in [0.1, 0.15) is 25.7 Å². The highest BCUT2D eigenvalue weighted by atomic mass is 127. The van der Waals surface area contributed by atoms with E-state index in [1.54, 1.807) is 14.2 Å². The monoisotopic (exact) mass is 524 g/mol. The van der Waals surface area contributed by atoms with Gasteiger partial charge in [-0.05, 0) is 12.8 Å². The van der Waals surface area contributed by atoms with Gasteiger partial charge in [0.05, 0.1) is 19.7 Å². The van der Waals surface area contributed by atoms with Gasteiger partial charge in [-0.1, -0.05) is 12.8 Å². The number of hydrogen-bond donors (Lipinski definition) is 2. The molecule has 0 radical (unpaired) electrons. The molecule has 2 aliphatic rings. The molecule has 2 rings (SSSR count). The third kappa shape index (κ3) is 9.47. The molecule has 0 atom stereocenters. The first-order chi connectivity index (χ1) is 13.6. The summed E-state index contributed by atoms with van der Waals surface area (Å²) >= 11 is 0. The number of rotatable bonds is 7. The lowest BCUT2D eigenvalue weighted by atomic mass is 10.2. The number of aliphatic imine (C=N–C) groups is 1. The number of piperazine rings is 1. The lowest BCUT2D eigenvalue weighted by molar-refractivity contribution is -0.132. The van der Waals surface area contributed by atoms with Crippen LogP contribution in [0.2, 0.25) is 0 Å². The summed E-state index contributed by atoms with van der Waals surface area (Å²) in [5.41, 5.74) is 0. The third-order valence-electron chi connectivity index (χ3n) is 5.24. The Balaban J connectivity index is 0.00000420. The summed E-state index contributed by atoms with van der Waals surface area (Å²) in [6, 6.07) is 0. The Morgan fingerprint density at radius 1 is 0.931 bits per heavy atom. The van der Waals surface area contributed by atoms with Gasteiger partial charge < -0.3 is 25.2 Å². The maximum atomic E-state index is 12.6. The second-order valence-corrected chi connectivity index (χ2v) is 7.30. The molecule has 2 fully saturated rings. The predicted octanol–water partition coefficient (Wildman–Crippen LogP) is -0.0374. The Bertz CT molecular complexity index is 518. The zero-order valence-corrected chi connectivity index (χ0v) is 20.2. The van der Waals surface area contributed by atoms with Gasteiger partial charge in [-0.3, -0.25) is 19.5 Å². The summed E-state index contributed by atoms with van der Waals surface area (Å²) in [5, 5.41) is 5.89. The maximum Gasteiger partial charge on any atom is 0.239 e. The SMILES string of the molecule is CN=C(NCC(=O)NCCOC)N1CCN(CC(=O)N2CCCCCC2)CC1.I. The van der Waals surface area contributed by atoms with Crippen LogP contribution in [0.25, 0.3) is 0 Å². The minimum Gasteiger partial charge on any atom is -0.383 e. The van der Waals surface area contributed by atoms with Crippen LogP contribution in [0.5, 0.6) is 0 Å². The van der Waals surface area contributed by atoms with Gasteiger partial charge in [-0.2, -0.15) is 0 Å². The molecular formula is C19H37IN6O3. The molecule has 2 heterocycles. The summed E-state index contributed by atoms with van der Waals surface area (Å²) in [7, 11) is 3.33. The van der Waals surface area contributed by atoms with Crippen molar-refractivity contribution in [3.8, 4) is 0 Å². The number of nitrogens with one attached hydrogen (secondary N) is 2. The average Bonchev–Trinajstić information content (AvgIpc) is 2.99. The van der Waals surface area contributed by atoms with Crippen molar-refractivity contribution in [2.75, 3.05) is 79.7 Å². The van der Waals surface area contributed by atoms with Crippen molar-refractivity contribution in [2.24, 2.45) is 4.99 Å². The Morgan fingerprint density at radius 2 is 1.59 bits per heavy atom. The fraction of sp³-hybridized carbons (Fsp3) is 0.842. The predicted molar refractivity (Wildman–Crippen MR) is 125 cm³/mol. The van der Waals surface area contributed by atoms with E-state index in [-0.39, 0.29) is 42.3 Å². The number of nitrogens with zero attached hydrogens (tertiary/aromatic N) is 4. The second kappa shape index (κ2) is 14.8. The van der Waals surface area contributed by atoms with Gasteiger partial charge in [-0.25, -0.2) is 0 Å². The molecule has 0 aliphatic carbocycles. The zero-order valence-electron chi connectivity index (χ0n) is 17.8. The number of ether oxygens (including phenoxy) is 1. The van der Waals surface area contributed by atoms with Crippen LogP contribution < -0.4 is 10.6 Å². The van der Waals surface area contributed by atoms with Gasteiger partial charge in [0.1, 0.15) is 0 Å². The number of halogens is 1. The smallest absolute Gasteiger partial charge is 0.239 e. The van der Waals surface area contributed by atoms with Crippen LogP contribution in [-0.2, 0) is 14.3 Å². The van der Waals surface area contributed by atoms with Crippen LogP contribution in [0.15, 0.2) is 4.99 Å². The topological polar surface area (TPSA) is 89.5 Å². The highest BCUT2D eigenvalue weighted by molar-refractivity contribution is 14.0. The highest BCUT2D eigenvalue weighted by Gasteiger charge is 2.23. The van der Waals surface area contributed by atoms with Crippen LogP contribution >= 0.6 is 24.0 Å². The van der Waals surface area contributed by atoms with Crippen molar-refractivity contribution in [1.29, 1.82) is 0 Å². The maximum absolute atomic E-state index is 12.6. The molecule has 2 saturated heterocycles. The number of amides is 2. The molecule has 168 valence electrons. The van der Waals surface area contributed by atoms with E-state index in [0.29, 0.717) is 19.7 Å². The van der Waals surface area contributed by atoms with E-state index >= 15 is 0 Å². The minimum atomic E-state index is -0.0834. The number of guanidine groups is 1. The zero-order chi connectivity index (χ0) is 20.2. The van der Waals surface area contributed by atoms with Crippen molar-refractivity contribution in [1.82, 2.24) is 25.3 Å². The van der Waals surface area contributed by atoms with E-state index in [1.807, 2.05) is 4.90 Å². The van der Waals surface area contributed by atoms with Gasteiger partial charge in [0.15, 0.2) is 5.96 Å². The van der Waals surface area contributed by atoms with Gasteiger partial charge in [-0.15, -0.1) is 24.0 Å². The van der Waals surface area contributed by atoms with Crippen LogP contribution in [-0.4, -0.2) is 112 Å². The van der Waals surface area contributed by atoms with Crippen molar-refractivity contribution >= 4 is 41.8 Å². The molecule has 0 aromatic rings. The number of carbonyl (C=O) groups excluding carboxylic acids is 2. The molecule has 2 N–H and O–H groups in total. The lowest BCUT2D eigenvalue weighted by Crippen LogP contribution is -2.55. The van der Waals surface area contributed by atoms with E-state index in [0.717, 1.165) is 58.1 Å². The average molecular weight is 524 g/mol. The molecule has 9 nitrogen and oxygen atoms in total. The number of hydrogen-bond acceptors (Lipinski definition) is 5. The lowest BCUT2D eigenvalue weighted by Gasteiger charge is -2.36. The molecule has 10 heteroatoms. The number of likely N-dealkylation sites (tertiary alicyclic amines) is 1. The summed E-state index contributed by atoms with van der Waals surface area (Å²) < 4.78 is 4.92. The van der Waals surface area contributed by atoms with Crippen LogP contribution in [0, 0.1) is 0 Å². The van der Waals surface area contributed by atoms with Gasteiger partial charge >= 0.3 is 0 Å². The Morgan fingerprint density at radius 3 is 2.17 bits per heavy atom. The molecule has 0 aromatic heterocycles. The molecule has 0 unspecified atom stereocenters. The van der Waals surface area contributed by atoms with E-state index in [1.165, 1.54) is 12.8 Å². The summed E-state index contributed by atoms with van der Waals surface area (Å²) in [5.74, 6) is 0.894. The largest absolute Gasteiger partial charge is 0.383 e. The number of carbonyl (C=O) groups is 2. The molecule has 2 amide bonds. The first kappa shape index (κ1) is 25.9. The fourth-order valence-electron chi connectivity index (χ4n) is 3.58. The second-order valence-electron chi connectivity index (χ2n) is 7.30. The van der Waals surface area contributed by atoms with Crippen LogP contribution in [0.3, 0.4) is 0 Å². The highest BCUT2D eigenvalue weighted by Crippen LogP contribution is 2.11. The first-order valence-corrected chi connectivity index (χ1v) is 10.4. The molecule has 0 bridgehead atoms. The van der Waals surface area contributed by atoms with Gasteiger partial charge in [0.25, 0.3) is 0 Å². The normalized spacial score (nSPS) is 18.6. The van der Waals surface area contributed by atoms with Gasteiger partial charge in [0, 0.05) is 60.0 Å². The summed E-state index contributed by atoms with van der Waals surface area (Å²) in [6.45, 7) is 6.71. The van der Waals surface area contributed by atoms with E-state index < -0.39 is 0 Å². The van der Waals surface area contributed by atoms with E-state index in [4.69, 9.17) is 4.74 Å². The quantitative estimate of drug-likeness (QED) is 0.211. The van der Waals surface area contributed by atoms with E-state index in [2.05, 4.69) is 25.4 Å². The first-order valence-electron chi connectivity index (χ1n) is 10.4. The van der Waals surface area contributed by atoms with Crippen molar-refractivity contribution in [3.05, 3.63) is 0 Å². The molecule has 0 saturated carbocycles. The summed E-state index contributed by atoms with van der Waals surface area (Å²) in [4.78, 5) is 35.0. The van der Waals surface area contributed by atoms with Crippen molar-refractivity contribution < 1.29 is 14.3 Å². The van der Waals surface area contributed by atoms with Crippen LogP contribution in [0.4, 0.5) is 0 Å². The Labute approximate surface area is 191 Å². The fourth-order valence-corrected chi connectivity index (χ4v) is 3.58. The van der Waals surface area contributed by atoms with E-state index in [9.17, 15) is 9.59 Å². The number of methoxy groups -OCH3 is 1. The standard InChI is InChI=1S/C19H36N6O3.HI/c1-20-19(22-15-17(26)21-7-14-28-2)25-12-10-23(11-13-25)16-18(27)24-8-5-3-4-6-9-24;/h3-16H2,1-2H3,(H,20,22)(H,21,26);1H. The Hall–Kier alpha value is -1.14. The Kier molecular flexibility index (Phi) is 13.2. The molecule has 0 aromatic carbocycles. The van der Waals surface area contributed by atoms with Crippen molar-refractivity contribution in [3.63, 3.8) is 0 Å². The van der Waals surface area contributed by atoms with Gasteiger partial charge in [0.2, 0.25) is 11.8 Å². The minimum absolute atomic E-state index is 0. The van der Waals surface area contributed by atoms with Crippen molar-refractivity contribution in [2.45, 2.75) is 25.7 Å². The third-order valence-corrected chi connectivity index (χ3v) is 5.24.